The summed E-state index contributed by atoms with van der Waals surface area (Å²) in [7, 11) is 0. The molecule has 1 saturated carbocycles. The number of benzene rings is 1. The Bertz CT molecular complexity index is 1250. The van der Waals surface area contributed by atoms with Gasteiger partial charge in [0.25, 0.3) is 11.5 Å². The van der Waals surface area contributed by atoms with Crippen molar-refractivity contribution < 1.29 is 9.53 Å². The molecule has 1 N–H and O–H groups in total. The van der Waals surface area contributed by atoms with Crippen molar-refractivity contribution in [2.45, 2.75) is 31.7 Å². The molecule has 1 aromatic carbocycles. The number of aromatic nitrogens is 2. The van der Waals surface area contributed by atoms with Crippen LogP contribution in [0.4, 0.5) is 0 Å². The second-order valence-electron chi connectivity index (χ2n) is 7.25. The second kappa shape index (κ2) is 9.02. The van der Waals surface area contributed by atoms with Crippen LogP contribution in [0, 0.1) is 11.3 Å². The van der Waals surface area contributed by atoms with Crippen molar-refractivity contribution in [1.29, 1.82) is 5.26 Å². The van der Waals surface area contributed by atoms with Crippen molar-refractivity contribution in [1.82, 2.24) is 14.7 Å². The van der Waals surface area contributed by atoms with Crippen LogP contribution in [0.15, 0.2) is 59.0 Å². The normalized spacial score (nSPS) is 14.4. The molecule has 1 aliphatic carbocycles. The minimum absolute atomic E-state index is 0.0000566. The molecule has 0 radical (unpaired) electrons. The summed E-state index contributed by atoms with van der Waals surface area (Å²) in [6.07, 6.45) is 6.67. The Morgan fingerprint density at radius 3 is 2.68 bits per heavy atom. The van der Waals surface area contributed by atoms with E-state index in [4.69, 9.17) is 16.3 Å². The maximum Gasteiger partial charge on any atom is 0.269 e. The van der Waals surface area contributed by atoms with Gasteiger partial charge in [0, 0.05) is 17.3 Å². The van der Waals surface area contributed by atoms with E-state index in [1.165, 1.54) is 10.5 Å². The zero-order chi connectivity index (χ0) is 21.8. The van der Waals surface area contributed by atoms with Crippen LogP contribution in [-0.4, -0.2) is 21.3 Å². The summed E-state index contributed by atoms with van der Waals surface area (Å²) in [5.74, 6) is -0.0931. The predicted octanol–water partition coefficient (Wildman–Crippen LogP) is 4.11. The van der Waals surface area contributed by atoms with Gasteiger partial charge in [-0.15, -0.1) is 0 Å². The highest BCUT2D eigenvalue weighted by Gasteiger charge is 2.21. The lowest BCUT2D eigenvalue weighted by atomic mass is 10.1. The molecule has 156 valence electrons. The van der Waals surface area contributed by atoms with E-state index < -0.39 is 11.5 Å². The fourth-order valence-corrected chi connectivity index (χ4v) is 3.65. The molecular formula is C23H19ClN4O3. The maximum absolute atomic E-state index is 13.1. The van der Waals surface area contributed by atoms with Crippen LogP contribution >= 0.6 is 11.6 Å². The molecule has 0 unspecified atom stereocenters. The van der Waals surface area contributed by atoms with Gasteiger partial charge in [-0.25, -0.2) is 0 Å². The van der Waals surface area contributed by atoms with Crippen molar-refractivity contribution >= 4 is 29.2 Å². The van der Waals surface area contributed by atoms with E-state index in [1.54, 1.807) is 48.7 Å². The molecule has 7 nitrogen and oxygen atoms in total. The molecule has 31 heavy (non-hydrogen) atoms. The molecule has 0 bridgehead atoms. The number of fused-ring (bicyclic) bond motifs is 1. The van der Waals surface area contributed by atoms with E-state index in [1.807, 2.05) is 6.07 Å². The number of hydrogen-bond donors (Lipinski definition) is 1. The number of nitrogens with zero attached hydrogens (tertiary/aromatic N) is 3. The molecule has 2 heterocycles. The number of rotatable bonds is 5. The summed E-state index contributed by atoms with van der Waals surface area (Å²) in [5.41, 5.74) is -0.238. The first kappa shape index (κ1) is 20.6. The molecular weight excluding hydrogens is 416 g/mol. The van der Waals surface area contributed by atoms with Gasteiger partial charge in [0.15, 0.2) is 0 Å². The largest absolute Gasteiger partial charge is 0.438 e. The molecule has 0 saturated heterocycles. The summed E-state index contributed by atoms with van der Waals surface area (Å²) in [6.45, 7) is 0. The molecule has 0 spiro atoms. The molecule has 4 rings (SSSR count). The zero-order valence-electron chi connectivity index (χ0n) is 16.5. The highest BCUT2D eigenvalue weighted by atomic mass is 35.5. The Labute approximate surface area is 183 Å². The highest BCUT2D eigenvalue weighted by molar-refractivity contribution is 6.30. The number of pyridine rings is 1. The van der Waals surface area contributed by atoms with Crippen LogP contribution in [0.2, 0.25) is 5.02 Å². The lowest BCUT2D eigenvalue weighted by molar-refractivity contribution is -0.117. The second-order valence-corrected chi connectivity index (χ2v) is 7.68. The first-order valence-electron chi connectivity index (χ1n) is 9.92. The number of amides is 1. The summed E-state index contributed by atoms with van der Waals surface area (Å²) in [6, 6.07) is 13.6. The fourth-order valence-electron chi connectivity index (χ4n) is 3.52. The Kier molecular flexibility index (Phi) is 6.01. The van der Waals surface area contributed by atoms with Gasteiger partial charge in [-0.3, -0.25) is 14.0 Å². The standard InChI is InChI=1S/C23H19ClN4O3/c24-16-8-10-18(11-9-16)31-22-19(23(30)28-12-4-3-7-20(28)27-22)13-15(14-25)21(29)26-17-5-1-2-6-17/h3-4,7-13,17H,1-2,5-6H2,(H,26,29). The summed E-state index contributed by atoms with van der Waals surface area (Å²) in [4.78, 5) is 30.2. The summed E-state index contributed by atoms with van der Waals surface area (Å²) < 4.78 is 7.18. The molecule has 1 fully saturated rings. The average Bonchev–Trinajstić information content (AvgIpc) is 3.28. The number of nitriles is 1. The van der Waals surface area contributed by atoms with E-state index in [9.17, 15) is 14.9 Å². The molecule has 0 aliphatic heterocycles. The molecule has 0 atom stereocenters. The van der Waals surface area contributed by atoms with Crippen molar-refractivity contribution in [2.24, 2.45) is 0 Å². The minimum atomic E-state index is -0.510. The SMILES string of the molecule is N#CC(=Cc1c(Oc2ccc(Cl)cc2)nc2ccccn2c1=O)C(=O)NC1CCCC1. The third-order valence-electron chi connectivity index (χ3n) is 5.11. The maximum atomic E-state index is 13.1. The van der Waals surface area contributed by atoms with Crippen LogP contribution in [0.25, 0.3) is 11.7 Å². The van der Waals surface area contributed by atoms with E-state index in [0.717, 1.165) is 25.7 Å². The molecule has 3 aromatic rings. The number of halogens is 1. The van der Waals surface area contributed by atoms with Crippen LogP contribution in [0.3, 0.4) is 0 Å². The van der Waals surface area contributed by atoms with Crippen molar-refractivity contribution in [3.63, 3.8) is 0 Å². The van der Waals surface area contributed by atoms with Gasteiger partial charge in [-0.2, -0.15) is 10.2 Å². The van der Waals surface area contributed by atoms with Gasteiger partial charge in [-0.1, -0.05) is 30.5 Å². The van der Waals surface area contributed by atoms with E-state index in [-0.39, 0.29) is 23.1 Å². The van der Waals surface area contributed by atoms with Gasteiger partial charge in [0.1, 0.15) is 28.6 Å². The smallest absolute Gasteiger partial charge is 0.269 e. The Balaban J connectivity index is 1.78. The fraction of sp³-hybridized carbons (Fsp3) is 0.217. The highest BCUT2D eigenvalue weighted by Crippen LogP contribution is 2.25. The first-order chi connectivity index (χ1) is 15.0. The van der Waals surface area contributed by atoms with Crippen LogP contribution in [0.1, 0.15) is 31.2 Å². The molecule has 1 aliphatic rings. The van der Waals surface area contributed by atoms with Crippen molar-refractivity contribution in [2.75, 3.05) is 0 Å². The molecule has 1 amide bonds. The topological polar surface area (TPSA) is 96.5 Å². The van der Waals surface area contributed by atoms with Gasteiger partial charge in [-0.05, 0) is 55.3 Å². The third-order valence-corrected chi connectivity index (χ3v) is 5.36. The van der Waals surface area contributed by atoms with Crippen LogP contribution in [0.5, 0.6) is 11.6 Å². The van der Waals surface area contributed by atoms with Crippen LogP contribution in [-0.2, 0) is 4.79 Å². The Morgan fingerprint density at radius 1 is 1.23 bits per heavy atom. The number of carbonyl (C=O) groups is 1. The molecule has 2 aromatic heterocycles. The predicted molar refractivity (Wildman–Crippen MR) is 117 cm³/mol. The number of carbonyl (C=O) groups excluding carboxylic acids is 1. The van der Waals surface area contributed by atoms with E-state index in [0.29, 0.717) is 16.4 Å². The summed E-state index contributed by atoms with van der Waals surface area (Å²) in [5, 5.41) is 13.0. The zero-order valence-corrected chi connectivity index (χ0v) is 17.3. The van der Waals surface area contributed by atoms with E-state index in [2.05, 4.69) is 10.3 Å². The van der Waals surface area contributed by atoms with Gasteiger partial charge < -0.3 is 10.1 Å². The Hall–Kier alpha value is -3.63. The van der Waals surface area contributed by atoms with Crippen molar-refractivity contribution in [3.8, 4) is 17.7 Å². The van der Waals surface area contributed by atoms with E-state index >= 15 is 0 Å². The molecule has 8 heteroatoms. The first-order valence-corrected chi connectivity index (χ1v) is 10.3. The van der Waals surface area contributed by atoms with Gasteiger partial charge >= 0.3 is 0 Å². The van der Waals surface area contributed by atoms with Crippen molar-refractivity contribution in [3.05, 3.63) is 75.2 Å². The van der Waals surface area contributed by atoms with Gasteiger partial charge in [0.2, 0.25) is 5.88 Å². The lowest BCUT2D eigenvalue weighted by Gasteiger charge is -2.12. The summed E-state index contributed by atoms with van der Waals surface area (Å²) >= 11 is 5.93. The monoisotopic (exact) mass is 434 g/mol. The van der Waals surface area contributed by atoms with Gasteiger partial charge in [0.05, 0.1) is 0 Å². The number of hydrogen-bond acceptors (Lipinski definition) is 5. The lowest BCUT2D eigenvalue weighted by Crippen LogP contribution is -2.33. The quantitative estimate of drug-likeness (QED) is 0.481. The van der Waals surface area contributed by atoms with Crippen LogP contribution < -0.4 is 15.6 Å². The third kappa shape index (κ3) is 4.60. The average molecular weight is 435 g/mol. The number of nitrogens with one attached hydrogen (secondary N) is 1. The number of ether oxygens (including phenoxy) is 1. The minimum Gasteiger partial charge on any atom is -0.438 e. The Morgan fingerprint density at radius 2 is 1.97 bits per heavy atom.